The molecule has 3 fully saturated rings. The number of hydrogen-bond donors (Lipinski definition) is 1. The molecule has 3 aliphatic heterocycles. The van der Waals surface area contributed by atoms with E-state index in [1.165, 1.54) is 5.56 Å². The van der Waals surface area contributed by atoms with Crippen LogP contribution in [0.1, 0.15) is 31.2 Å². The van der Waals surface area contributed by atoms with Gasteiger partial charge in [0.05, 0.1) is 0 Å². The average Bonchev–Trinajstić information content (AvgIpc) is 3.30. The summed E-state index contributed by atoms with van der Waals surface area (Å²) in [6.07, 6.45) is 4.51. The highest BCUT2D eigenvalue weighted by Gasteiger charge is 2.47. The van der Waals surface area contributed by atoms with Crippen LogP contribution in [0.25, 0.3) is 0 Å². The van der Waals surface area contributed by atoms with Crippen LogP contribution < -0.4 is 5.32 Å². The Hall–Kier alpha value is -1.59. The first kappa shape index (κ1) is 17.8. The molecule has 3 aliphatic rings. The molecule has 1 N–H and O–H groups in total. The molecule has 0 saturated carbocycles. The van der Waals surface area contributed by atoms with Crippen molar-refractivity contribution in [3.05, 3.63) is 35.9 Å². The van der Waals surface area contributed by atoms with Crippen LogP contribution in [0.3, 0.4) is 0 Å². The van der Waals surface area contributed by atoms with Gasteiger partial charge in [-0.05, 0) is 42.6 Å². The fraction of sp³-hybridized carbons (Fsp3) is 0.667. The highest BCUT2D eigenvalue weighted by Crippen LogP contribution is 2.44. The second-order valence-corrected chi connectivity index (χ2v) is 8.21. The minimum absolute atomic E-state index is 0.131. The zero-order valence-corrected chi connectivity index (χ0v) is 15.7. The standard InChI is InChI=1S/C21H31N3O2/c25-20(24-10-4-5-11-24)22-14-19-16-23(15-18-6-2-1-3-7-18)17-21(19)8-12-26-13-9-21/h1-3,6-7,19H,4-5,8-17H2,(H,22,25). The monoisotopic (exact) mass is 357 g/mol. The third-order valence-corrected chi connectivity index (χ3v) is 6.51. The number of likely N-dealkylation sites (tertiary alicyclic amines) is 2. The largest absolute Gasteiger partial charge is 0.381 e. The van der Waals surface area contributed by atoms with Gasteiger partial charge in [-0.15, -0.1) is 0 Å². The lowest BCUT2D eigenvalue weighted by Gasteiger charge is -2.38. The Morgan fingerprint density at radius 2 is 1.88 bits per heavy atom. The summed E-state index contributed by atoms with van der Waals surface area (Å²) in [7, 11) is 0. The van der Waals surface area contributed by atoms with E-state index in [4.69, 9.17) is 4.74 Å². The number of carbonyl (C=O) groups is 1. The second kappa shape index (κ2) is 7.97. The van der Waals surface area contributed by atoms with Crippen LogP contribution in [-0.4, -0.2) is 61.8 Å². The zero-order chi connectivity index (χ0) is 17.8. The zero-order valence-electron chi connectivity index (χ0n) is 15.7. The van der Waals surface area contributed by atoms with E-state index in [9.17, 15) is 4.79 Å². The summed E-state index contributed by atoms with van der Waals surface area (Å²) < 4.78 is 5.65. The van der Waals surface area contributed by atoms with Gasteiger partial charge < -0.3 is 15.0 Å². The number of amides is 2. The number of nitrogens with zero attached hydrogens (tertiary/aromatic N) is 2. The van der Waals surface area contributed by atoms with Crippen molar-refractivity contribution in [1.29, 1.82) is 0 Å². The van der Waals surface area contributed by atoms with Crippen molar-refractivity contribution in [2.75, 3.05) is 45.9 Å². The Morgan fingerprint density at radius 1 is 1.15 bits per heavy atom. The lowest BCUT2D eigenvalue weighted by atomic mass is 9.72. The number of rotatable bonds is 4. The molecule has 5 nitrogen and oxygen atoms in total. The van der Waals surface area contributed by atoms with E-state index in [1.54, 1.807) is 0 Å². The van der Waals surface area contributed by atoms with Crippen LogP contribution >= 0.6 is 0 Å². The number of ether oxygens (including phenoxy) is 1. The van der Waals surface area contributed by atoms with Crippen LogP contribution in [0.15, 0.2) is 30.3 Å². The minimum Gasteiger partial charge on any atom is -0.381 e. The summed E-state index contributed by atoms with van der Waals surface area (Å²) in [5, 5.41) is 3.24. The molecular formula is C21H31N3O2. The maximum Gasteiger partial charge on any atom is 0.317 e. The van der Waals surface area contributed by atoms with Crippen molar-refractivity contribution < 1.29 is 9.53 Å². The summed E-state index contributed by atoms with van der Waals surface area (Å²) in [6.45, 7) is 7.52. The molecule has 0 aliphatic carbocycles. The Bertz CT molecular complexity index is 595. The van der Waals surface area contributed by atoms with Gasteiger partial charge in [-0.25, -0.2) is 4.79 Å². The SMILES string of the molecule is O=C(NCC1CN(Cc2ccccc2)CC12CCOCC2)N1CCCC1. The van der Waals surface area contributed by atoms with Gasteiger partial charge in [0.2, 0.25) is 0 Å². The molecule has 3 heterocycles. The minimum atomic E-state index is 0.131. The molecule has 1 atom stereocenters. The Morgan fingerprint density at radius 3 is 2.62 bits per heavy atom. The Labute approximate surface area is 156 Å². The van der Waals surface area contributed by atoms with Crippen molar-refractivity contribution >= 4 is 6.03 Å². The molecule has 4 rings (SSSR count). The highest BCUT2D eigenvalue weighted by atomic mass is 16.5. The fourth-order valence-electron chi connectivity index (χ4n) is 4.97. The molecule has 1 aromatic carbocycles. The number of benzene rings is 1. The van der Waals surface area contributed by atoms with E-state index in [-0.39, 0.29) is 6.03 Å². The van der Waals surface area contributed by atoms with Crippen molar-refractivity contribution in [2.45, 2.75) is 32.2 Å². The number of hydrogen-bond acceptors (Lipinski definition) is 3. The Kier molecular flexibility index (Phi) is 5.46. The second-order valence-electron chi connectivity index (χ2n) is 8.21. The van der Waals surface area contributed by atoms with Crippen LogP contribution in [0.5, 0.6) is 0 Å². The topological polar surface area (TPSA) is 44.8 Å². The van der Waals surface area contributed by atoms with Crippen molar-refractivity contribution in [1.82, 2.24) is 15.1 Å². The van der Waals surface area contributed by atoms with Gasteiger partial charge in [-0.3, -0.25) is 4.90 Å². The first-order valence-corrected chi connectivity index (χ1v) is 10.1. The summed E-state index contributed by atoms with van der Waals surface area (Å²) in [6, 6.07) is 10.8. The molecule has 0 aromatic heterocycles. The van der Waals surface area contributed by atoms with Gasteiger partial charge in [0, 0.05) is 52.5 Å². The molecule has 1 unspecified atom stereocenters. The lowest BCUT2D eigenvalue weighted by molar-refractivity contribution is -0.0000789. The number of nitrogens with one attached hydrogen (secondary N) is 1. The van der Waals surface area contributed by atoms with E-state index < -0.39 is 0 Å². The van der Waals surface area contributed by atoms with Gasteiger partial charge in [0.1, 0.15) is 0 Å². The van der Waals surface area contributed by atoms with Crippen LogP contribution in [0.4, 0.5) is 4.79 Å². The molecule has 1 aromatic rings. The maximum atomic E-state index is 12.4. The molecule has 3 saturated heterocycles. The van der Waals surface area contributed by atoms with Crippen molar-refractivity contribution in [3.63, 3.8) is 0 Å². The van der Waals surface area contributed by atoms with Gasteiger partial charge >= 0.3 is 6.03 Å². The fourth-order valence-corrected chi connectivity index (χ4v) is 4.97. The third-order valence-electron chi connectivity index (χ3n) is 6.51. The highest BCUT2D eigenvalue weighted by molar-refractivity contribution is 5.74. The molecule has 1 spiro atoms. The summed E-state index contributed by atoms with van der Waals surface area (Å²) in [4.78, 5) is 17.0. The van der Waals surface area contributed by atoms with Gasteiger partial charge in [-0.2, -0.15) is 0 Å². The summed E-state index contributed by atoms with van der Waals surface area (Å²) in [5.41, 5.74) is 1.67. The van der Waals surface area contributed by atoms with Crippen LogP contribution in [0, 0.1) is 11.3 Å². The molecule has 26 heavy (non-hydrogen) atoms. The molecule has 2 amide bonds. The molecule has 142 valence electrons. The first-order chi connectivity index (χ1) is 12.8. The van der Waals surface area contributed by atoms with Crippen molar-refractivity contribution in [3.8, 4) is 0 Å². The maximum absolute atomic E-state index is 12.4. The predicted octanol–water partition coefficient (Wildman–Crippen LogP) is 2.72. The average molecular weight is 357 g/mol. The van der Waals surface area contributed by atoms with Crippen LogP contribution in [0.2, 0.25) is 0 Å². The van der Waals surface area contributed by atoms with Gasteiger partial charge in [0.25, 0.3) is 0 Å². The molecule has 5 heteroatoms. The third kappa shape index (κ3) is 3.89. The molecule has 0 bridgehead atoms. The van der Waals surface area contributed by atoms with Gasteiger partial charge in [0.15, 0.2) is 0 Å². The van der Waals surface area contributed by atoms with E-state index in [0.29, 0.717) is 11.3 Å². The normalized spacial score (nSPS) is 25.7. The smallest absolute Gasteiger partial charge is 0.317 e. The molecular weight excluding hydrogens is 326 g/mol. The lowest BCUT2D eigenvalue weighted by Crippen LogP contribution is -2.45. The summed E-state index contributed by atoms with van der Waals surface area (Å²) in [5.74, 6) is 0.515. The van der Waals surface area contributed by atoms with E-state index in [1.807, 2.05) is 4.90 Å². The summed E-state index contributed by atoms with van der Waals surface area (Å²) >= 11 is 0. The van der Waals surface area contributed by atoms with Gasteiger partial charge in [-0.1, -0.05) is 30.3 Å². The first-order valence-electron chi connectivity index (χ1n) is 10.1. The quantitative estimate of drug-likeness (QED) is 0.901. The van der Waals surface area contributed by atoms with Crippen molar-refractivity contribution in [2.24, 2.45) is 11.3 Å². The predicted molar refractivity (Wildman–Crippen MR) is 102 cm³/mol. The van der Waals surface area contributed by atoms with E-state index in [0.717, 1.165) is 78.2 Å². The Balaban J connectivity index is 1.39. The van der Waals surface area contributed by atoms with Crippen LogP contribution in [-0.2, 0) is 11.3 Å². The molecule has 0 radical (unpaired) electrons. The van der Waals surface area contributed by atoms with E-state index in [2.05, 4.69) is 40.5 Å². The number of carbonyl (C=O) groups excluding carboxylic acids is 1. The van der Waals surface area contributed by atoms with E-state index >= 15 is 0 Å². The number of urea groups is 1.